The maximum atomic E-state index is 13.8. The van der Waals surface area contributed by atoms with Gasteiger partial charge in [0.05, 0.1) is 17.0 Å². The van der Waals surface area contributed by atoms with E-state index in [4.69, 9.17) is 4.42 Å². The van der Waals surface area contributed by atoms with E-state index in [1.54, 1.807) is 17.0 Å². The summed E-state index contributed by atoms with van der Waals surface area (Å²) >= 11 is 0. The normalized spacial score (nSPS) is 15.9. The van der Waals surface area contributed by atoms with E-state index in [-0.39, 0.29) is 33.9 Å². The fraction of sp³-hybridized carbons (Fsp3) is 0.304. The summed E-state index contributed by atoms with van der Waals surface area (Å²) in [5, 5.41) is 9.78. The van der Waals surface area contributed by atoms with Crippen LogP contribution in [0.2, 0.25) is 0 Å². The number of hydrogen-bond donors (Lipinski definition) is 1. The highest BCUT2D eigenvalue weighted by Crippen LogP contribution is 2.38. The van der Waals surface area contributed by atoms with Gasteiger partial charge in [-0.3, -0.25) is 9.59 Å². The van der Waals surface area contributed by atoms with Crippen molar-refractivity contribution in [3.63, 3.8) is 0 Å². The van der Waals surface area contributed by atoms with Crippen molar-refractivity contribution in [3.05, 3.63) is 75.4 Å². The minimum absolute atomic E-state index is 0.00303. The molecule has 0 fully saturated rings. The number of halogens is 1. The van der Waals surface area contributed by atoms with Crippen molar-refractivity contribution in [2.75, 3.05) is 26.2 Å². The van der Waals surface area contributed by atoms with Crippen LogP contribution in [-0.4, -0.2) is 47.0 Å². The molecule has 1 atom stereocenters. The highest BCUT2D eigenvalue weighted by atomic mass is 19.1. The molecule has 0 saturated carbocycles. The van der Waals surface area contributed by atoms with Crippen LogP contribution in [0.5, 0.6) is 5.75 Å². The van der Waals surface area contributed by atoms with Crippen LogP contribution in [0.15, 0.2) is 51.7 Å². The van der Waals surface area contributed by atoms with Crippen molar-refractivity contribution in [1.29, 1.82) is 0 Å². The summed E-state index contributed by atoms with van der Waals surface area (Å²) in [7, 11) is 0. The molecule has 0 spiro atoms. The molecule has 0 saturated heterocycles. The predicted octanol–water partition coefficient (Wildman–Crippen LogP) is 3.52. The molecule has 0 radical (unpaired) electrons. The average Bonchev–Trinajstić information content (AvgIpc) is 3.02. The maximum Gasteiger partial charge on any atom is 0.290 e. The minimum atomic E-state index is -0.660. The standard InChI is InChI=1S/C23H23FN2O4/c1-3-25(4-2)11-12-26-20(14-5-8-16(27)9-6-14)19-21(28)17-13-15(24)7-10-18(17)30-22(19)23(26)29/h5-10,13,20,27H,3-4,11-12H2,1-2H3. The number of benzene rings is 2. The molecule has 2 aromatic carbocycles. The third-order valence-electron chi connectivity index (χ3n) is 5.69. The molecular formula is C23H23FN2O4. The largest absolute Gasteiger partial charge is 0.508 e. The van der Waals surface area contributed by atoms with Gasteiger partial charge in [0, 0.05) is 13.1 Å². The van der Waals surface area contributed by atoms with E-state index in [1.807, 2.05) is 13.8 Å². The number of carbonyl (C=O) groups is 1. The lowest BCUT2D eigenvalue weighted by Gasteiger charge is -2.28. The van der Waals surface area contributed by atoms with E-state index >= 15 is 0 Å². The number of amides is 1. The van der Waals surface area contributed by atoms with E-state index < -0.39 is 17.3 Å². The third-order valence-corrected chi connectivity index (χ3v) is 5.69. The summed E-state index contributed by atoms with van der Waals surface area (Å²) in [5.41, 5.74) is 0.664. The Labute approximate surface area is 173 Å². The van der Waals surface area contributed by atoms with Gasteiger partial charge in [0.15, 0.2) is 5.43 Å². The van der Waals surface area contributed by atoms with Crippen molar-refractivity contribution >= 4 is 16.9 Å². The Morgan fingerprint density at radius 1 is 1.10 bits per heavy atom. The second-order valence-electron chi connectivity index (χ2n) is 7.33. The van der Waals surface area contributed by atoms with Crippen LogP contribution in [0.1, 0.15) is 41.6 Å². The van der Waals surface area contributed by atoms with E-state index in [0.29, 0.717) is 18.7 Å². The fourth-order valence-electron chi connectivity index (χ4n) is 4.02. The molecular weight excluding hydrogens is 387 g/mol. The molecule has 1 aliphatic heterocycles. The van der Waals surface area contributed by atoms with Crippen LogP contribution in [0.3, 0.4) is 0 Å². The second kappa shape index (κ2) is 7.91. The van der Waals surface area contributed by atoms with Crippen LogP contribution in [0.4, 0.5) is 4.39 Å². The first-order chi connectivity index (χ1) is 14.4. The summed E-state index contributed by atoms with van der Waals surface area (Å²) in [6, 6.07) is 9.45. The van der Waals surface area contributed by atoms with Gasteiger partial charge in [-0.05, 0) is 49.0 Å². The van der Waals surface area contributed by atoms with Gasteiger partial charge in [0.25, 0.3) is 5.91 Å². The smallest absolute Gasteiger partial charge is 0.290 e. The van der Waals surface area contributed by atoms with Crippen molar-refractivity contribution < 1.29 is 18.7 Å². The average molecular weight is 410 g/mol. The highest BCUT2D eigenvalue weighted by molar-refractivity contribution is 5.99. The minimum Gasteiger partial charge on any atom is -0.508 e. The summed E-state index contributed by atoms with van der Waals surface area (Å²) in [6.07, 6.45) is 0. The number of likely N-dealkylation sites (N-methyl/N-ethyl adjacent to an activating group) is 1. The van der Waals surface area contributed by atoms with Crippen LogP contribution in [0, 0.1) is 5.82 Å². The summed E-state index contributed by atoms with van der Waals surface area (Å²) in [4.78, 5) is 30.4. The zero-order valence-corrected chi connectivity index (χ0v) is 16.9. The van der Waals surface area contributed by atoms with Crippen molar-refractivity contribution in [2.45, 2.75) is 19.9 Å². The molecule has 7 heteroatoms. The zero-order chi connectivity index (χ0) is 21.4. The molecule has 156 valence electrons. The Kier molecular flexibility index (Phi) is 5.30. The van der Waals surface area contributed by atoms with Gasteiger partial charge in [0.1, 0.15) is 17.1 Å². The zero-order valence-electron chi connectivity index (χ0n) is 16.9. The second-order valence-corrected chi connectivity index (χ2v) is 7.33. The number of hydrogen-bond acceptors (Lipinski definition) is 5. The lowest BCUT2D eigenvalue weighted by atomic mass is 9.98. The Hall–Kier alpha value is -3.19. The van der Waals surface area contributed by atoms with Crippen molar-refractivity contribution in [3.8, 4) is 5.75 Å². The van der Waals surface area contributed by atoms with Gasteiger partial charge in [-0.15, -0.1) is 0 Å². The SMILES string of the molecule is CCN(CC)CCN1C(=O)c2oc3ccc(F)cc3c(=O)c2C1c1ccc(O)cc1. The molecule has 2 heterocycles. The molecule has 0 aliphatic carbocycles. The molecule has 1 aromatic heterocycles. The van der Waals surface area contributed by atoms with Gasteiger partial charge < -0.3 is 19.3 Å². The number of aromatic hydroxyl groups is 1. The van der Waals surface area contributed by atoms with Crippen molar-refractivity contribution in [1.82, 2.24) is 9.80 Å². The Morgan fingerprint density at radius 3 is 2.47 bits per heavy atom. The van der Waals surface area contributed by atoms with Crippen LogP contribution >= 0.6 is 0 Å². The van der Waals surface area contributed by atoms with E-state index in [2.05, 4.69) is 4.90 Å². The monoisotopic (exact) mass is 410 g/mol. The molecule has 3 aromatic rings. The number of phenols is 1. The Balaban J connectivity index is 1.87. The first-order valence-corrected chi connectivity index (χ1v) is 10.0. The van der Waals surface area contributed by atoms with Crippen LogP contribution in [0.25, 0.3) is 11.0 Å². The summed E-state index contributed by atoms with van der Waals surface area (Å²) in [5.74, 6) is -0.820. The number of nitrogens with zero attached hydrogens (tertiary/aromatic N) is 2. The number of carbonyl (C=O) groups excluding carboxylic acids is 1. The molecule has 6 nitrogen and oxygen atoms in total. The molecule has 1 N–H and O–H groups in total. The van der Waals surface area contributed by atoms with Gasteiger partial charge in [-0.2, -0.15) is 0 Å². The number of phenolic OH excluding ortho intramolecular Hbond substituents is 1. The Bertz CT molecular complexity index is 1150. The molecule has 1 unspecified atom stereocenters. The lowest BCUT2D eigenvalue weighted by molar-refractivity contribution is 0.0708. The van der Waals surface area contributed by atoms with Gasteiger partial charge in [-0.1, -0.05) is 26.0 Å². The third kappa shape index (κ3) is 3.35. The van der Waals surface area contributed by atoms with Crippen LogP contribution in [-0.2, 0) is 0 Å². The summed E-state index contributed by atoms with van der Waals surface area (Å²) in [6.45, 7) is 6.83. The van der Waals surface area contributed by atoms with E-state index in [1.165, 1.54) is 24.3 Å². The number of fused-ring (bicyclic) bond motifs is 2. The Morgan fingerprint density at radius 2 is 1.80 bits per heavy atom. The molecule has 1 amide bonds. The van der Waals surface area contributed by atoms with Crippen molar-refractivity contribution in [2.24, 2.45) is 0 Å². The van der Waals surface area contributed by atoms with Gasteiger partial charge in [-0.25, -0.2) is 4.39 Å². The quantitative estimate of drug-likeness (QED) is 0.673. The molecule has 30 heavy (non-hydrogen) atoms. The first-order valence-electron chi connectivity index (χ1n) is 10.0. The number of rotatable bonds is 6. The maximum absolute atomic E-state index is 13.8. The molecule has 1 aliphatic rings. The highest BCUT2D eigenvalue weighted by Gasteiger charge is 2.42. The van der Waals surface area contributed by atoms with Gasteiger partial charge >= 0.3 is 0 Å². The van der Waals surface area contributed by atoms with E-state index in [9.17, 15) is 19.1 Å². The summed E-state index contributed by atoms with van der Waals surface area (Å²) < 4.78 is 19.6. The lowest BCUT2D eigenvalue weighted by Crippen LogP contribution is -2.37. The van der Waals surface area contributed by atoms with Crippen LogP contribution < -0.4 is 5.43 Å². The van der Waals surface area contributed by atoms with E-state index in [0.717, 1.165) is 19.2 Å². The predicted molar refractivity (Wildman–Crippen MR) is 111 cm³/mol. The topological polar surface area (TPSA) is 74.0 Å². The molecule has 0 bridgehead atoms. The molecule has 4 rings (SSSR count). The first kappa shape index (κ1) is 20.1. The van der Waals surface area contributed by atoms with Gasteiger partial charge in [0.2, 0.25) is 5.76 Å². The fourth-order valence-corrected chi connectivity index (χ4v) is 4.02.